The number of carbonyl (C=O) groups is 1. The lowest BCUT2D eigenvalue weighted by atomic mass is 10.0. The average Bonchev–Trinajstić information content (AvgIpc) is 2.63. The van der Waals surface area contributed by atoms with E-state index in [0.717, 1.165) is 25.7 Å². The van der Waals surface area contributed by atoms with Crippen molar-refractivity contribution in [2.75, 3.05) is 0 Å². The minimum absolute atomic E-state index is 0.00894. The molecule has 3 unspecified atom stereocenters. The van der Waals surface area contributed by atoms with Gasteiger partial charge in [0.15, 0.2) is 0 Å². The molecule has 1 aliphatic rings. The Labute approximate surface area is 119 Å². The van der Waals surface area contributed by atoms with Crippen molar-refractivity contribution in [3.05, 3.63) is 0 Å². The van der Waals surface area contributed by atoms with Crippen molar-refractivity contribution in [2.24, 2.45) is 11.8 Å². The zero-order valence-corrected chi connectivity index (χ0v) is 13.6. The Balaban J connectivity index is 2.89. The first-order chi connectivity index (χ1) is 8.92. The van der Waals surface area contributed by atoms with Gasteiger partial charge in [0.1, 0.15) is 0 Å². The van der Waals surface area contributed by atoms with Gasteiger partial charge in [0.25, 0.3) is 0 Å². The Bertz CT molecular complexity index is 288. The summed E-state index contributed by atoms with van der Waals surface area (Å²) < 4.78 is 0. The lowest BCUT2D eigenvalue weighted by Gasteiger charge is -2.33. The summed E-state index contributed by atoms with van der Waals surface area (Å²) in [4.78, 5) is 14.8. The summed E-state index contributed by atoms with van der Waals surface area (Å²) in [5.74, 6) is 1.30. The topological polar surface area (TPSA) is 32.3 Å². The van der Waals surface area contributed by atoms with Crippen molar-refractivity contribution in [3.63, 3.8) is 0 Å². The number of rotatable bonds is 7. The van der Waals surface area contributed by atoms with Gasteiger partial charge in [-0.2, -0.15) is 0 Å². The monoisotopic (exact) mass is 268 g/mol. The highest BCUT2D eigenvalue weighted by Gasteiger charge is 2.42. The molecular formula is C16H32N2O. The van der Waals surface area contributed by atoms with Crippen LogP contribution < -0.4 is 5.32 Å². The van der Waals surface area contributed by atoms with Crippen molar-refractivity contribution >= 4 is 5.91 Å². The van der Waals surface area contributed by atoms with Crippen LogP contribution in [0.1, 0.15) is 67.2 Å². The lowest BCUT2D eigenvalue weighted by molar-refractivity contribution is -0.133. The second-order valence-electron chi connectivity index (χ2n) is 6.63. The minimum Gasteiger partial charge on any atom is -0.323 e. The highest BCUT2D eigenvalue weighted by molar-refractivity contribution is 5.85. The zero-order chi connectivity index (χ0) is 14.6. The molecule has 0 spiro atoms. The van der Waals surface area contributed by atoms with E-state index in [-0.39, 0.29) is 12.2 Å². The molecule has 3 atom stereocenters. The molecule has 0 aromatic heterocycles. The molecule has 0 aliphatic carbocycles. The number of nitrogens with zero attached hydrogens (tertiary/aromatic N) is 1. The normalized spacial score (nSPS) is 25.7. The molecule has 1 fully saturated rings. The Hall–Kier alpha value is -0.570. The van der Waals surface area contributed by atoms with Crippen LogP contribution in [0.15, 0.2) is 0 Å². The average molecular weight is 268 g/mol. The molecule has 1 saturated heterocycles. The second kappa shape index (κ2) is 7.28. The van der Waals surface area contributed by atoms with Gasteiger partial charge in [-0.3, -0.25) is 10.1 Å². The molecule has 0 bridgehead atoms. The van der Waals surface area contributed by atoms with Crippen molar-refractivity contribution in [1.29, 1.82) is 0 Å². The first-order valence-corrected chi connectivity index (χ1v) is 8.00. The zero-order valence-electron chi connectivity index (χ0n) is 13.6. The van der Waals surface area contributed by atoms with Crippen molar-refractivity contribution in [3.8, 4) is 0 Å². The summed E-state index contributed by atoms with van der Waals surface area (Å²) in [5.41, 5.74) is 0. The van der Waals surface area contributed by atoms with Crippen LogP contribution in [0.4, 0.5) is 0 Å². The van der Waals surface area contributed by atoms with Crippen LogP contribution in [0.25, 0.3) is 0 Å². The second-order valence-corrected chi connectivity index (χ2v) is 6.63. The van der Waals surface area contributed by atoms with E-state index in [9.17, 15) is 4.79 Å². The van der Waals surface area contributed by atoms with Gasteiger partial charge in [0.05, 0.1) is 12.2 Å². The number of hydrogen-bond acceptors (Lipinski definition) is 2. The minimum atomic E-state index is 0.00894. The molecule has 3 nitrogen and oxygen atoms in total. The fraction of sp³-hybridized carbons (Fsp3) is 0.938. The van der Waals surface area contributed by atoms with Crippen LogP contribution in [0.5, 0.6) is 0 Å². The van der Waals surface area contributed by atoms with E-state index in [0.29, 0.717) is 23.8 Å². The van der Waals surface area contributed by atoms with E-state index in [1.54, 1.807) is 0 Å². The summed E-state index contributed by atoms with van der Waals surface area (Å²) in [6.45, 7) is 13.1. The lowest BCUT2D eigenvalue weighted by Crippen LogP contribution is -2.45. The van der Waals surface area contributed by atoms with Crippen LogP contribution in [0.3, 0.4) is 0 Å². The van der Waals surface area contributed by atoms with Crippen molar-refractivity contribution in [1.82, 2.24) is 10.2 Å². The first kappa shape index (κ1) is 16.5. The SMILES string of the molecule is CCCC(CC)N1C(=O)C(C(C)C)NC1CC(C)C. The largest absolute Gasteiger partial charge is 0.323 e. The standard InChI is InChI=1S/C16H32N2O/c1-7-9-13(8-2)18-14(10-11(3)4)17-15(12(5)6)16(18)19/h11-15,17H,7-10H2,1-6H3. The number of hydrogen-bond donors (Lipinski definition) is 1. The van der Waals surface area contributed by atoms with Crippen molar-refractivity contribution in [2.45, 2.75) is 85.5 Å². The van der Waals surface area contributed by atoms with Crippen molar-refractivity contribution < 1.29 is 4.79 Å². The molecule has 1 heterocycles. The van der Waals surface area contributed by atoms with E-state index >= 15 is 0 Å². The van der Waals surface area contributed by atoms with Gasteiger partial charge in [-0.05, 0) is 31.1 Å². The molecule has 0 radical (unpaired) electrons. The third-order valence-corrected chi connectivity index (χ3v) is 4.08. The Kier molecular flexibility index (Phi) is 6.31. The van der Waals surface area contributed by atoms with Gasteiger partial charge >= 0.3 is 0 Å². The smallest absolute Gasteiger partial charge is 0.241 e. The molecule has 0 aromatic rings. The van der Waals surface area contributed by atoms with Crippen LogP contribution in [-0.2, 0) is 4.79 Å². The number of amides is 1. The van der Waals surface area contributed by atoms with E-state index in [1.165, 1.54) is 0 Å². The molecular weight excluding hydrogens is 236 g/mol. The van der Waals surface area contributed by atoms with E-state index < -0.39 is 0 Å². The van der Waals surface area contributed by atoms with E-state index in [1.807, 2.05) is 0 Å². The Morgan fingerprint density at radius 3 is 2.26 bits per heavy atom. The summed E-state index contributed by atoms with van der Waals surface area (Å²) in [5, 5.41) is 3.57. The molecule has 112 valence electrons. The maximum atomic E-state index is 12.7. The van der Waals surface area contributed by atoms with Crippen LogP contribution in [-0.4, -0.2) is 29.1 Å². The van der Waals surface area contributed by atoms with E-state index in [2.05, 4.69) is 51.8 Å². The highest BCUT2D eigenvalue weighted by atomic mass is 16.2. The predicted molar refractivity (Wildman–Crippen MR) is 80.8 cm³/mol. The molecule has 0 aromatic carbocycles. The molecule has 1 aliphatic heterocycles. The highest BCUT2D eigenvalue weighted by Crippen LogP contribution is 2.26. The van der Waals surface area contributed by atoms with Gasteiger partial charge in [0.2, 0.25) is 5.91 Å². The third-order valence-electron chi connectivity index (χ3n) is 4.08. The molecule has 1 N–H and O–H groups in total. The third kappa shape index (κ3) is 3.95. The molecule has 19 heavy (non-hydrogen) atoms. The van der Waals surface area contributed by atoms with Crippen LogP contribution >= 0.6 is 0 Å². The van der Waals surface area contributed by atoms with Crippen LogP contribution in [0.2, 0.25) is 0 Å². The summed E-state index contributed by atoms with van der Waals surface area (Å²) >= 11 is 0. The van der Waals surface area contributed by atoms with Gasteiger partial charge in [-0.1, -0.05) is 48.0 Å². The fourth-order valence-corrected chi connectivity index (χ4v) is 3.09. The number of nitrogens with one attached hydrogen (secondary N) is 1. The quantitative estimate of drug-likeness (QED) is 0.767. The maximum absolute atomic E-state index is 12.7. The van der Waals surface area contributed by atoms with E-state index in [4.69, 9.17) is 0 Å². The number of carbonyl (C=O) groups excluding carboxylic acids is 1. The fourth-order valence-electron chi connectivity index (χ4n) is 3.09. The van der Waals surface area contributed by atoms with Gasteiger partial charge in [-0.15, -0.1) is 0 Å². The van der Waals surface area contributed by atoms with Gasteiger partial charge in [-0.25, -0.2) is 0 Å². The maximum Gasteiger partial charge on any atom is 0.241 e. The molecule has 1 amide bonds. The summed E-state index contributed by atoms with van der Waals surface area (Å²) in [7, 11) is 0. The van der Waals surface area contributed by atoms with Gasteiger partial charge in [0, 0.05) is 6.04 Å². The molecule has 3 heteroatoms. The predicted octanol–water partition coefficient (Wildman–Crippen LogP) is 3.39. The van der Waals surface area contributed by atoms with Gasteiger partial charge < -0.3 is 4.90 Å². The van der Waals surface area contributed by atoms with Crippen LogP contribution in [0, 0.1) is 11.8 Å². The Morgan fingerprint density at radius 1 is 1.21 bits per heavy atom. The molecule has 1 rings (SSSR count). The summed E-state index contributed by atoms with van der Waals surface area (Å²) in [6.07, 6.45) is 4.60. The first-order valence-electron chi connectivity index (χ1n) is 8.00. The summed E-state index contributed by atoms with van der Waals surface area (Å²) in [6, 6.07) is 0.409. The Morgan fingerprint density at radius 2 is 1.84 bits per heavy atom. The molecule has 0 saturated carbocycles.